The fourth-order valence-electron chi connectivity index (χ4n) is 2.59. The Kier molecular flexibility index (Phi) is 7.56. The molecule has 0 fully saturated rings. The molecule has 2 aromatic rings. The van der Waals surface area contributed by atoms with Crippen molar-refractivity contribution in [1.82, 2.24) is 15.2 Å². The predicted octanol–water partition coefficient (Wildman–Crippen LogP) is 2.48. The summed E-state index contributed by atoms with van der Waals surface area (Å²) in [6.07, 6.45) is 1.58. The van der Waals surface area contributed by atoms with Crippen LogP contribution in [0.25, 0.3) is 0 Å². The standard InChI is InChI=1S/C20H28N4O2/c1-15-5-7-16(8-6-15)18(24(2)3)14-23-19-10-9-17(13-22-19)20(25)21-11-12-26-4/h5-10,13,18H,11-12,14H2,1-4H3,(H,21,25)(H,22,23)/t18-/m1/s1. The van der Waals surface area contributed by atoms with Gasteiger partial charge in [-0.05, 0) is 38.7 Å². The third-order valence-electron chi connectivity index (χ3n) is 4.18. The summed E-state index contributed by atoms with van der Waals surface area (Å²) in [5, 5.41) is 6.13. The monoisotopic (exact) mass is 356 g/mol. The lowest BCUT2D eigenvalue weighted by Gasteiger charge is -2.25. The van der Waals surface area contributed by atoms with Crippen LogP contribution in [0.3, 0.4) is 0 Å². The van der Waals surface area contributed by atoms with Crippen molar-refractivity contribution >= 4 is 11.7 Å². The first-order chi connectivity index (χ1) is 12.5. The molecule has 1 aromatic heterocycles. The molecule has 0 aliphatic carbocycles. The first-order valence-electron chi connectivity index (χ1n) is 8.71. The molecule has 6 nitrogen and oxygen atoms in total. The molecule has 140 valence electrons. The van der Waals surface area contributed by atoms with Gasteiger partial charge in [0.2, 0.25) is 0 Å². The lowest BCUT2D eigenvalue weighted by molar-refractivity contribution is 0.0937. The van der Waals surface area contributed by atoms with E-state index in [9.17, 15) is 4.79 Å². The minimum absolute atomic E-state index is 0.146. The van der Waals surface area contributed by atoms with Gasteiger partial charge in [0, 0.05) is 26.4 Å². The Morgan fingerprint density at radius 3 is 2.50 bits per heavy atom. The van der Waals surface area contributed by atoms with E-state index in [4.69, 9.17) is 4.74 Å². The second-order valence-electron chi connectivity index (χ2n) is 6.45. The Bertz CT molecular complexity index is 684. The smallest absolute Gasteiger partial charge is 0.252 e. The molecular formula is C20H28N4O2. The highest BCUT2D eigenvalue weighted by Crippen LogP contribution is 2.19. The summed E-state index contributed by atoms with van der Waals surface area (Å²) in [6, 6.07) is 12.4. The number of likely N-dealkylation sites (N-methyl/N-ethyl adjacent to an activating group) is 1. The number of anilines is 1. The van der Waals surface area contributed by atoms with Crippen LogP contribution in [-0.2, 0) is 4.74 Å². The van der Waals surface area contributed by atoms with Gasteiger partial charge in [-0.2, -0.15) is 0 Å². The fraction of sp³-hybridized carbons (Fsp3) is 0.400. The Morgan fingerprint density at radius 1 is 1.19 bits per heavy atom. The van der Waals surface area contributed by atoms with Crippen LogP contribution in [-0.4, -0.2) is 56.7 Å². The fourth-order valence-corrected chi connectivity index (χ4v) is 2.59. The zero-order valence-electron chi connectivity index (χ0n) is 16.0. The van der Waals surface area contributed by atoms with Crippen molar-refractivity contribution in [2.75, 3.05) is 46.2 Å². The first-order valence-corrected chi connectivity index (χ1v) is 8.71. The van der Waals surface area contributed by atoms with Crippen LogP contribution >= 0.6 is 0 Å². The van der Waals surface area contributed by atoms with Gasteiger partial charge in [-0.15, -0.1) is 0 Å². The number of hydrogen-bond acceptors (Lipinski definition) is 5. The molecule has 26 heavy (non-hydrogen) atoms. The number of benzene rings is 1. The number of nitrogens with zero attached hydrogens (tertiary/aromatic N) is 2. The molecule has 0 aliphatic rings. The van der Waals surface area contributed by atoms with Crippen molar-refractivity contribution in [3.05, 3.63) is 59.3 Å². The van der Waals surface area contributed by atoms with Gasteiger partial charge in [-0.3, -0.25) is 4.79 Å². The van der Waals surface area contributed by atoms with Crippen LogP contribution in [0.15, 0.2) is 42.6 Å². The maximum absolute atomic E-state index is 12.0. The van der Waals surface area contributed by atoms with E-state index in [0.29, 0.717) is 18.7 Å². The van der Waals surface area contributed by atoms with Gasteiger partial charge in [0.15, 0.2) is 0 Å². The zero-order chi connectivity index (χ0) is 18.9. The molecule has 1 amide bonds. The van der Waals surface area contributed by atoms with Crippen molar-refractivity contribution in [3.63, 3.8) is 0 Å². The van der Waals surface area contributed by atoms with Crippen LogP contribution < -0.4 is 10.6 Å². The zero-order valence-corrected chi connectivity index (χ0v) is 16.0. The van der Waals surface area contributed by atoms with Crippen LogP contribution in [0.1, 0.15) is 27.5 Å². The van der Waals surface area contributed by atoms with Crippen molar-refractivity contribution in [1.29, 1.82) is 0 Å². The van der Waals surface area contributed by atoms with E-state index < -0.39 is 0 Å². The van der Waals surface area contributed by atoms with Crippen LogP contribution in [0.2, 0.25) is 0 Å². The average Bonchev–Trinajstić information content (AvgIpc) is 2.63. The summed E-state index contributed by atoms with van der Waals surface area (Å²) >= 11 is 0. The molecule has 0 saturated heterocycles. The molecular weight excluding hydrogens is 328 g/mol. The molecule has 0 unspecified atom stereocenters. The van der Waals surface area contributed by atoms with E-state index >= 15 is 0 Å². The van der Waals surface area contributed by atoms with E-state index in [-0.39, 0.29) is 11.9 Å². The van der Waals surface area contributed by atoms with Gasteiger partial charge in [0.05, 0.1) is 18.2 Å². The van der Waals surface area contributed by atoms with E-state index in [1.165, 1.54) is 11.1 Å². The molecule has 1 aromatic carbocycles. The third-order valence-corrected chi connectivity index (χ3v) is 4.18. The quantitative estimate of drug-likeness (QED) is 0.676. The van der Waals surface area contributed by atoms with E-state index in [0.717, 1.165) is 12.4 Å². The van der Waals surface area contributed by atoms with E-state index in [1.807, 2.05) is 6.07 Å². The number of rotatable bonds is 9. The molecule has 1 atom stereocenters. The summed E-state index contributed by atoms with van der Waals surface area (Å²) in [4.78, 5) is 18.5. The number of hydrogen-bond donors (Lipinski definition) is 2. The lowest BCUT2D eigenvalue weighted by atomic mass is 10.0. The number of pyridine rings is 1. The van der Waals surface area contributed by atoms with Gasteiger partial charge in [-0.1, -0.05) is 29.8 Å². The van der Waals surface area contributed by atoms with Crippen LogP contribution in [0.5, 0.6) is 0 Å². The molecule has 0 spiro atoms. The number of aryl methyl sites for hydroxylation is 1. The van der Waals surface area contributed by atoms with Gasteiger partial charge in [0.25, 0.3) is 5.91 Å². The second-order valence-corrected chi connectivity index (χ2v) is 6.45. The number of methoxy groups -OCH3 is 1. The molecule has 2 N–H and O–H groups in total. The van der Waals surface area contributed by atoms with Crippen molar-refractivity contribution in [2.45, 2.75) is 13.0 Å². The van der Waals surface area contributed by atoms with E-state index in [2.05, 4.69) is 65.8 Å². The van der Waals surface area contributed by atoms with Crippen LogP contribution in [0.4, 0.5) is 5.82 Å². The molecule has 0 aliphatic heterocycles. The molecule has 1 heterocycles. The largest absolute Gasteiger partial charge is 0.383 e. The summed E-state index contributed by atoms with van der Waals surface area (Å²) in [6.45, 7) is 3.78. The number of amides is 1. The SMILES string of the molecule is COCCNC(=O)c1ccc(NC[C@H](c2ccc(C)cc2)N(C)C)nc1. The van der Waals surface area contributed by atoms with Crippen molar-refractivity contribution < 1.29 is 9.53 Å². The lowest BCUT2D eigenvalue weighted by Crippen LogP contribution is -2.28. The molecule has 6 heteroatoms. The van der Waals surface area contributed by atoms with Gasteiger partial charge in [-0.25, -0.2) is 4.98 Å². The van der Waals surface area contributed by atoms with Gasteiger partial charge in [0.1, 0.15) is 5.82 Å². The number of carbonyl (C=O) groups excluding carboxylic acids is 1. The number of aromatic nitrogens is 1. The number of nitrogens with one attached hydrogen (secondary N) is 2. The maximum atomic E-state index is 12.0. The summed E-state index contributed by atoms with van der Waals surface area (Å²) < 4.78 is 4.92. The molecule has 0 saturated carbocycles. The minimum Gasteiger partial charge on any atom is -0.383 e. The third kappa shape index (κ3) is 5.82. The highest BCUT2D eigenvalue weighted by molar-refractivity contribution is 5.94. The van der Waals surface area contributed by atoms with E-state index in [1.54, 1.807) is 19.4 Å². The first kappa shape index (κ1) is 19.9. The maximum Gasteiger partial charge on any atom is 0.252 e. The summed E-state index contributed by atoms with van der Waals surface area (Å²) in [7, 11) is 5.73. The molecule has 0 bridgehead atoms. The molecule has 0 radical (unpaired) electrons. The van der Waals surface area contributed by atoms with Crippen LogP contribution in [0, 0.1) is 6.92 Å². The minimum atomic E-state index is -0.146. The normalized spacial score (nSPS) is 12.0. The average molecular weight is 356 g/mol. The van der Waals surface area contributed by atoms with Crippen molar-refractivity contribution in [3.8, 4) is 0 Å². The second kappa shape index (κ2) is 9.89. The predicted molar refractivity (Wildman–Crippen MR) is 105 cm³/mol. The number of ether oxygens (including phenoxy) is 1. The molecule has 2 rings (SSSR count). The number of carbonyl (C=O) groups is 1. The summed E-state index contributed by atoms with van der Waals surface area (Å²) in [5.41, 5.74) is 3.04. The highest BCUT2D eigenvalue weighted by atomic mass is 16.5. The topological polar surface area (TPSA) is 66.5 Å². The highest BCUT2D eigenvalue weighted by Gasteiger charge is 2.14. The Morgan fingerprint density at radius 2 is 1.92 bits per heavy atom. The van der Waals surface area contributed by atoms with Gasteiger partial charge >= 0.3 is 0 Å². The Labute approximate surface area is 155 Å². The summed E-state index contributed by atoms with van der Waals surface area (Å²) in [5.74, 6) is 0.601. The van der Waals surface area contributed by atoms with Gasteiger partial charge < -0.3 is 20.3 Å². The van der Waals surface area contributed by atoms with Crippen molar-refractivity contribution in [2.24, 2.45) is 0 Å². The Hall–Kier alpha value is -2.44. The Balaban J connectivity index is 1.95.